The van der Waals surface area contributed by atoms with Gasteiger partial charge >= 0.3 is 5.97 Å². The first-order valence-electron chi connectivity index (χ1n) is 6.68. The number of rotatable bonds is 4. The molecule has 0 spiro atoms. The zero-order valence-corrected chi connectivity index (χ0v) is 11.6. The summed E-state index contributed by atoms with van der Waals surface area (Å²) in [5, 5.41) is 19.7. The number of hydrogen-bond donors (Lipinski definition) is 1. The predicted molar refractivity (Wildman–Crippen MR) is 74.1 cm³/mol. The highest BCUT2D eigenvalue weighted by Gasteiger charge is 2.31. The van der Waals surface area contributed by atoms with E-state index < -0.39 is 10.9 Å². The number of carbonyl (C=O) groups excluding carboxylic acids is 1. The lowest BCUT2D eigenvalue weighted by atomic mass is 10.1. The normalized spacial score (nSPS) is 17.8. The number of nitro benzene ring substituents is 1. The first kappa shape index (κ1) is 15.0. The van der Waals surface area contributed by atoms with Crippen LogP contribution in [-0.4, -0.2) is 39.4 Å². The second-order valence-corrected chi connectivity index (χ2v) is 5.15. The van der Waals surface area contributed by atoms with Gasteiger partial charge in [-0.15, -0.1) is 0 Å². The number of amides is 1. The summed E-state index contributed by atoms with van der Waals surface area (Å²) in [7, 11) is 0. The van der Waals surface area contributed by atoms with E-state index in [1.807, 2.05) is 0 Å². The number of likely N-dealkylation sites (tertiary alicyclic amines) is 1. The van der Waals surface area contributed by atoms with Crippen molar-refractivity contribution in [1.29, 1.82) is 0 Å². The Morgan fingerprint density at radius 3 is 2.76 bits per heavy atom. The summed E-state index contributed by atoms with van der Waals surface area (Å²) in [6.45, 7) is 2.10. The number of carboxylic acids is 1. The first-order valence-corrected chi connectivity index (χ1v) is 6.68. The molecule has 2 rings (SSSR count). The van der Waals surface area contributed by atoms with Crippen molar-refractivity contribution in [2.24, 2.45) is 0 Å². The smallest absolute Gasteiger partial charge is 0.305 e. The summed E-state index contributed by atoms with van der Waals surface area (Å²) in [4.78, 5) is 35.1. The molecule has 0 bridgehead atoms. The summed E-state index contributed by atoms with van der Waals surface area (Å²) in [6, 6.07) is 3.91. The van der Waals surface area contributed by atoms with Gasteiger partial charge in [0.1, 0.15) is 0 Å². The van der Waals surface area contributed by atoms with E-state index in [1.54, 1.807) is 11.8 Å². The summed E-state index contributed by atoms with van der Waals surface area (Å²) in [6.07, 6.45) is 1.37. The van der Waals surface area contributed by atoms with Gasteiger partial charge in [0.15, 0.2) is 0 Å². The minimum absolute atomic E-state index is 0.0324. The quantitative estimate of drug-likeness (QED) is 0.675. The monoisotopic (exact) mass is 292 g/mol. The maximum absolute atomic E-state index is 12.4. The number of hydrogen-bond acceptors (Lipinski definition) is 4. The van der Waals surface area contributed by atoms with Gasteiger partial charge in [0, 0.05) is 29.8 Å². The highest BCUT2D eigenvalue weighted by atomic mass is 16.6. The number of nitrogens with zero attached hydrogens (tertiary/aromatic N) is 2. The highest BCUT2D eigenvalue weighted by Crippen LogP contribution is 2.25. The topological polar surface area (TPSA) is 101 Å². The highest BCUT2D eigenvalue weighted by molar-refractivity contribution is 5.95. The number of carbonyl (C=O) groups is 2. The van der Waals surface area contributed by atoms with Crippen molar-refractivity contribution >= 4 is 17.6 Å². The minimum atomic E-state index is -0.931. The maximum Gasteiger partial charge on any atom is 0.305 e. The second kappa shape index (κ2) is 5.90. The Morgan fingerprint density at radius 1 is 1.48 bits per heavy atom. The van der Waals surface area contributed by atoms with Crippen LogP contribution in [0.25, 0.3) is 0 Å². The van der Waals surface area contributed by atoms with Gasteiger partial charge in [-0.05, 0) is 31.9 Å². The van der Waals surface area contributed by atoms with Crippen LogP contribution in [0.3, 0.4) is 0 Å². The Labute approximate surface area is 121 Å². The van der Waals surface area contributed by atoms with Crippen molar-refractivity contribution in [2.45, 2.75) is 32.2 Å². The van der Waals surface area contributed by atoms with Crippen LogP contribution >= 0.6 is 0 Å². The molecular formula is C14H16N2O5. The molecular weight excluding hydrogens is 276 g/mol. The van der Waals surface area contributed by atoms with Crippen LogP contribution in [0.1, 0.15) is 35.2 Å². The van der Waals surface area contributed by atoms with Crippen molar-refractivity contribution in [1.82, 2.24) is 4.90 Å². The fraction of sp³-hybridized carbons (Fsp3) is 0.429. The van der Waals surface area contributed by atoms with E-state index in [9.17, 15) is 19.7 Å². The van der Waals surface area contributed by atoms with Crippen molar-refractivity contribution in [3.63, 3.8) is 0 Å². The van der Waals surface area contributed by atoms with Gasteiger partial charge in [-0.2, -0.15) is 0 Å². The molecule has 1 unspecified atom stereocenters. The van der Waals surface area contributed by atoms with E-state index in [2.05, 4.69) is 0 Å². The number of carboxylic acid groups (broad SMARTS) is 1. The molecule has 21 heavy (non-hydrogen) atoms. The molecule has 1 N–H and O–H groups in total. The minimum Gasteiger partial charge on any atom is -0.481 e. The van der Waals surface area contributed by atoms with Crippen LogP contribution in [0.4, 0.5) is 5.69 Å². The Morgan fingerprint density at radius 2 is 2.19 bits per heavy atom. The largest absolute Gasteiger partial charge is 0.481 e. The van der Waals surface area contributed by atoms with E-state index >= 15 is 0 Å². The van der Waals surface area contributed by atoms with Crippen LogP contribution in [0, 0.1) is 17.0 Å². The Kier molecular flexibility index (Phi) is 4.21. The molecule has 1 saturated heterocycles. The lowest BCUT2D eigenvalue weighted by molar-refractivity contribution is -0.385. The van der Waals surface area contributed by atoms with Gasteiger partial charge in [0.05, 0.1) is 11.3 Å². The average Bonchev–Trinajstić information content (AvgIpc) is 2.84. The van der Waals surface area contributed by atoms with E-state index in [0.717, 1.165) is 6.42 Å². The molecule has 1 aliphatic heterocycles. The summed E-state index contributed by atoms with van der Waals surface area (Å²) in [5.41, 5.74) is 0.741. The van der Waals surface area contributed by atoms with E-state index in [0.29, 0.717) is 24.1 Å². The fourth-order valence-corrected chi connectivity index (χ4v) is 2.68. The van der Waals surface area contributed by atoms with Gasteiger partial charge < -0.3 is 10.0 Å². The summed E-state index contributed by atoms with van der Waals surface area (Å²) in [5.74, 6) is -1.20. The first-order chi connectivity index (χ1) is 9.90. The predicted octanol–water partition coefficient (Wildman–Crippen LogP) is 1.98. The molecule has 0 aliphatic carbocycles. The second-order valence-electron chi connectivity index (χ2n) is 5.15. The molecule has 1 heterocycles. The average molecular weight is 292 g/mol. The number of nitro groups is 1. The Bertz CT molecular complexity index is 599. The van der Waals surface area contributed by atoms with Crippen molar-refractivity contribution in [3.05, 3.63) is 39.4 Å². The van der Waals surface area contributed by atoms with Gasteiger partial charge in [0.25, 0.3) is 11.6 Å². The lowest BCUT2D eigenvalue weighted by Gasteiger charge is -2.23. The van der Waals surface area contributed by atoms with Crippen LogP contribution in [0.5, 0.6) is 0 Å². The van der Waals surface area contributed by atoms with E-state index in [1.165, 1.54) is 18.2 Å². The van der Waals surface area contributed by atoms with Crippen molar-refractivity contribution in [3.8, 4) is 0 Å². The zero-order chi connectivity index (χ0) is 15.6. The van der Waals surface area contributed by atoms with Crippen molar-refractivity contribution < 1.29 is 19.6 Å². The third kappa shape index (κ3) is 3.18. The van der Waals surface area contributed by atoms with Gasteiger partial charge in [0.2, 0.25) is 0 Å². The summed E-state index contributed by atoms with van der Waals surface area (Å²) >= 11 is 0. The van der Waals surface area contributed by atoms with Crippen LogP contribution in [0.15, 0.2) is 18.2 Å². The molecule has 1 aliphatic rings. The molecule has 1 atom stereocenters. The summed E-state index contributed by atoms with van der Waals surface area (Å²) < 4.78 is 0. The fourth-order valence-electron chi connectivity index (χ4n) is 2.68. The van der Waals surface area contributed by atoms with Crippen LogP contribution in [0.2, 0.25) is 0 Å². The molecule has 1 aromatic rings. The molecule has 0 saturated carbocycles. The molecule has 0 aromatic heterocycles. The third-order valence-corrected chi connectivity index (χ3v) is 3.69. The SMILES string of the molecule is Cc1cc(C(=O)N2CCCC2CC(=O)O)ccc1[N+](=O)[O-]. The van der Waals surface area contributed by atoms with Gasteiger partial charge in [-0.3, -0.25) is 19.7 Å². The zero-order valence-electron chi connectivity index (χ0n) is 11.6. The maximum atomic E-state index is 12.4. The van der Waals surface area contributed by atoms with Gasteiger partial charge in [-0.25, -0.2) is 0 Å². The molecule has 1 aromatic carbocycles. The van der Waals surface area contributed by atoms with Crippen LogP contribution < -0.4 is 0 Å². The number of benzene rings is 1. The number of aryl methyl sites for hydroxylation is 1. The van der Waals surface area contributed by atoms with E-state index in [-0.39, 0.29) is 24.1 Å². The van der Waals surface area contributed by atoms with Crippen LogP contribution in [-0.2, 0) is 4.79 Å². The van der Waals surface area contributed by atoms with E-state index in [4.69, 9.17) is 5.11 Å². The van der Waals surface area contributed by atoms with Crippen molar-refractivity contribution in [2.75, 3.05) is 6.54 Å². The molecule has 1 fully saturated rings. The van der Waals surface area contributed by atoms with Gasteiger partial charge in [-0.1, -0.05) is 0 Å². The Hall–Kier alpha value is -2.44. The molecule has 7 nitrogen and oxygen atoms in total. The molecule has 0 radical (unpaired) electrons. The third-order valence-electron chi connectivity index (χ3n) is 3.69. The molecule has 112 valence electrons. The standard InChI is InChI=1S/C14H16N2O5/c1-9-7-10(4-5-12(9)16(20)21)14(19)15-6-2-3-11(15)8-13(17)18/h4-5,7,11H,2-3,6,8H2,1H3,(H,17,18). The molecule has 1 amide bonds. The lowest BCUT2D eigenvalue weighted by Crippen LogP contribution is -2.36. The number of aliphatic carboxylic acids is 1. The molecule has 7 heteroatoms. The Balaban J connectivity index is 2.21.